The van der Waals surface area contributed by atoms with E-state index in [1.54, 1.807) is 6.07 Å². The second kappa shape index (κ2) is 8.65. The SMILES string of the molecule is O=C(CNC(=O)C1CCN(c2nc3ccccc3o2)CC1)Nc1ccccc1Br. The molecule has 0 unspecified atom stereocenters. The third-order valence-electron chi connectivity index (χ3n) is 4.99. The number of halogens is 1. The van der Waals surface area contributed by atoms with Gasteiger partial charge < -0.3 is 20.0 Å². The maximum Gasteiger partial charge on any atom is 0.298 e. The summed E-state index contributed by atoms with van der Waals surface area (Å²) in [4.78, 5) is 31.1. The van der Waals surface area contributed by atoms with Crippen molar-refractivity contribution in [1.82, 2.24) is 10.3 Å². The van der Waals surface area contributed by atoms with E-state index in [0.717, 1.165) is 15.6 Å². The third-order valence-corrected chi connectivity index (χ3v) is 5.68. The molecule has 8 heteroatoms. The Morgan fingerprint density at radius 3 is 2.59 bits per heavy atom. The lowest BCUT2D eigenvalue weighted by Gasteiger charge is -2.30. The molecule has 1 aliphatic rings. The first-order valence-electron chi connectivity index (χ1n) is 9.53. The van der Waals surface area contributed by atoms with Crippen LogP contribution >= 0.6 is 15.9 Å². The average molecular weight is 457 g/mol. The molecule has 3 aromatic rings. The summed E-state index contributed by atoms with van der Waals surface area (Å²) in [6, 6.07) is 15.6. The van der Waals surface area contributed by atoms with Crippen LogP contribution in [0.15, 0.2) is 57.4 Å². The molecule has 1 saturated heterocycles. The van der Waals surface area contributed by atoms with Gasteiger partial charge in [-0.25, -0.2) is 0 Å². The van der Waals surface area contributed by atoms with Gasteiger partial charge in [-0.2, -0.15) is 4.98 Å². The molecule has 2 heterocycles. The molecule has 0 aliphatic carbocycles. The largest absolute Gasteiger partial charge is 0.423 e. The highest BCUT2D eigenvalue weighted by atomic mass is 79.9. The van der Waals surface area contributed by atoms with Gasteiger partial charge >= 0.3 is 0 Å². The summed E-state index contributed by atoms with van der Waals surface area (Å²) in [5.74, 6) is -0.467. The number of benzene rings is 2. The van der Waals surface area contributed by atoms with Crippen LogP contribution in [0.5, 0.6) is 0 Å². The number of piperidine rings is 1. The minimum atomic E-state index is -0.255. The van der Waals surface area contributed by atoms with E-state index in [2.05, 4.69) is 36.4 Å². The van der Waals surface area contributed by atoms with Crippen molar-refractivity contribution in [3.63, 3.8) is 0 Å². The van der Waals surface area contributed by atoms with Gasteiger partial charge in [-0.3, -0.25) is 9.59 Å². The summed E-state index contributed by atoms with van der Waals surface area (Å²) in [5, 5.41) is 5.52. The number of aromatic nitrogens is 1. The van der Waals surface area contributed by atoms with E-state index < -0.39 is 0 Å². The molecule has 0 bridgehead atoms. The third kappa shape index (κ3) is 4.59. The molecule has 2 N–H and O–H groups in total. The maximum absolute atomic E-state index is 12.4. The van der Waals surface area contributed by atoms with Gasteiger partial charge in [0.15, 0.2) is 5.58 Å². The minimum absolute atomic E-state index is 0.0501. The highest BCUT2D eigenvalue weighted by Gasteiger charge is 2.27. The predicted octanol–water partition coefficient (Wildman–Crippen LogP) is 3.56. The Morgan fingerprint density at radius 2 is 1.83 bits per heavy atom. The molecule has 1 fully saturated rings. The number of hydrogen-bond acceptors (Lipinski definition) is 5. The number of nitrogens with one attached hydrogen (secondary N) is 2. The van der Waals surface area contributed by atoms with Gasteiger partial charge in [0.25, 0.3) is 6.01 Å². The molecule has 29 heavy (non-hydrogen) atoms. The van der Waals surface area contributed by atoms with Crippen molar-refractivity contribution >= 4 is 50.5 Å². The molecule has 0 radical (unpaired) electrons. The van der Waals surface area contributed by atoms with E-state index in [-0.39, 0.29) is 24.3 Å². The number of para-hydroxylation sites is 3. The van der Waals surface area contributed by atoms with Crippen LogP contribution in [0.25, 0.3) is 11.1 Å². The van der Waals surface area contributed by atoms with E-state index in [4.69, 9.17) is 4.42 Å². The lowest BCUT2D eigenvalue weighted by Crippen LogP contribution is -2.42. The van der Waals surface area contributed by atoms with Crippen molar-refractivity contribution in [3.05, 3.63) is 53.0 Å². The fourth-order valence-electron chi connectivity index (χ4n) is 3.40. The molecule has 2 amide bonds. The number of oxazole rings is 1. The van der Waals surface area contributed by atoms with E-state index >= 15 is 0 Å². The zero-order valence-corrected chi connectivity index (χ0v) is 17.3. The molecule has 7 nitrogen and oxygen atoms in total. The van der Waals surface area contributed by atoms with Crippen LogP contribution in [0.3, 0.4) is 0 Å². The number of hydrogen-bond donors (Lipinski definition) is 2. The van der Waals surface area contributed by atoms with Gasteiger partial charge in [0.1, 0.15) is 5.52 Å². The van der Waals surface area contributed by atoms with Gasteiger partial charge in [0, 0.05) is 23.5 Å². The molecular formula is C21H21BrN4O3. The molecule has 2 aromatic carbocycles. The topological polar surface area (TPSA) is 87.5 Å². The highest BCUT2D eigenvalue weighted by Crippen LogP contribution is 2.26. The van der Waals surface area contributed by atoms with Crippen LogP contribution in [0, 0.1) is 5.92 Å². The van der Waals surface area contributed by atoms with Crippen LogP contribution in [-0.4, -0.2) is 36.4 Å². The van der Waals surface area contributed by atoms with Crippen molar-refractivity contribution < 1.29 is 14.0 Å². The number of carbonyl (C=O) groups is 2. The van der Waals surface area contributed by atoms with E-state index in [9.17, 15) is 9.59 Å². The van der Waals surface area contributed by atoms with Crippen molar-refractivity contribution in [2.24, 2.45) is 5.92 Å². The molecule has 0 atom stereocenters. The van der Waals surface area contributed by atoms with Gasteiger partial charge in [0.05, 0.1) is 12.2 Å². The van der Waals surface area contributed by atoms with Crippen molar-refractivity contribution in [1.29, 1.82) is 0 Å². The second-order valence-electron chi connectivity index (χ2n) is 6.97. The maximum atomic E-state index is 12.4. The standard InChI is InChI=1S/C21H21BrN4O3/c22-15-5-1-2-6-16(15)24-19(27)13-23-20(28)14-9-11-26(12-10-14)21-25-17-7-3-4-8-18(17)29-21/h1-8,14H,9-13H2,(H,23,28)(H,24,27). The van der Waals surface area contributed by atoms with Gasteiger partial charge in [-0.15, -0.1) is 0 Å². The zero-order valence-electron chi connectivity index (χ0n) is 15.7. The van der Waals surface area contributed by atoms with E-state index in [0.29, 0.717) is 37.6 Å². The molecule has 0 saturated carbocycles. The average Bonchev–Trinajstić information content (AvgIpc) is 3.18. The summed E-state index contributed by atoms with van der Waals surface area (Å²) < 4.78 is 6.60. The molecular weight excluding hydrogens is 436 g/mol. The number of anilines is 2. The number of fused-ring (bicyclic) bond motifs is 1. The van der Waals surface area contributed by atoms with Crippen LogP contribution < -0.4 is 15.5 Å². The highest BCUT2D eigenvalue weighted by molar-refractivity contribution is 9.10. The fraction of sp³-hybridized carbons (Fsp3) is 0.286. The quantitative estimate of drug-likeness (QED) is 0.612. The van der Waals surface area contributed by atoms with Gasteiger partial charge in [-0.05, 0) is 53.0 Å². The first-order valence-corrected chi connectivity index (χ1v) is 10.3. The molecule has 150 valence electrons. The Hall–Kier alpha value is -2.87. The lowest BCUT2D eigenvalue weighted by atomic mass is 9.96. The zero-order chi connectivity index (χ0) is 20.2. The van der Waals surface area contributed by atoms with Gasteiger partial charge in [-0.1, -0.05) is 24.3 Å². The number of carbonyl (C=O) groups excluding carboxylic acids is 2. The Kier molecular flexibility index (Phi) is 5.80. The van der Waals surface area contributed by atoms with Crippen molar-refractivity contribution in [3.8, 4) is 0 Å². The first kappa shape index (κ1) is 19.4. The molecule has 1 aliphatic heterocycles. The fourth-order valence-corrected chi connectivity index (χ4v) is 3.78. The van der Waals surface area contributed by atoms with Crippen LogP contribution in [0.1, 0.15) is 12.8 Å². The monoisotopic (exact) mass is 456 g/mol. The Bertz CT molecular complexity index is 994. The number of rotatable bonds is 5. The Balaban J connectivity index is 1.25. The lowest BCUT2D eigenvalue weighted by molar-refractivity contribution is -0.127. The summed E-state index contributed by atoms with van der Waals surface area (Å²) in [6.07, 6.45) is 1.38. The Morgan fingerprint density at radius 1 is 1.10 bits per heavy atom. The second-order valence-corrected chi connectivity index (χ2v) is 7.83. The van der Waals surface area contributed by atoms with Crippen molar-refractivity contribution in [2.45, 2.75) is 12.8 Å². The summed E-state index contributed by atoms with van der Waals surface area (Å²) in [5.41, 5.74) is 2.27. The van der Waals surface area contributed by atoms with Crippen LogP contribution in [0.4, 0.5) is 11.7 Å². The summed E-state index contributed by atoms with van der Waals surface area (Å²) in [7, 11) is 0. The first-order chi connectivity index (χ1) is 14.1. The van der Waals surface area contributed by atoms with Crippen molar-refractivity contribution in [2.75, 3.05) is 29.9 Å². The Labute approximate surface area is 176 Å². The molecule has 0 spiro atoms. The molecule has 1 aromatic heterocycles. The van der Waals surface area contributed by atoms with E-state index in [1.807, 2.05) is 42.5 Å². The summed E-state index contributed by atoms with van der Waals surface area (Å²) in [6.45, 7) is 1.33. The smallest absolute Gasteiger partial charge is 0.298 e. The van der Waals surface area contributed by atoms with Gasteiger partial charge in [0.2, 0.25) is 11.8 Å². The number of nitrogens with zero attached hydrogens (tertiary/aromatic N) is 2. The van der Waals surface area contributed by atoms with Crippen LogP contribution in [0.2, 0.25) is 0 Å². The molecule has 4 rings (SSSR count). The van der Waals surface area contributed by atoms with Crippen LogP contribution in [-0.2, 0) is 9.59 Å². The normalized spacial score (nSPS) is 14.7. The number of amides is 2. The minimum Gasteiger partial charge on any atom is -0.423 e. The van der Waals surface area contributed by atoms with E-state index in [1.165, 1.54) is 0 Å². The predicted molar refractivity (Wildman–Crippen MR) is 115 cm³/mol. The summed E-state index contributed by atoms with van der Waals surface area (Å²) >= 11 is 3.38.